The summed E-state index contributed by atoms with van der Waals surface area (Å²) in [5, 5.41) is 12.3. The van der Waals surface area contributed by atoms with E-state index in [9.17, 15) is 4.79 Å². The molecule has 0 atom stereocenters. The molecule has 4 aromatic rings. The van der Waals surface area contributed by atoms with Crippen LogP contribution in [-0.2, 0) is 12.4 Å². The zero-order valence-corrected chi connectivity index (χ0v) is 16.9. The summed E-state index contributed by atoms with van der Waals surface area (Å²) in [6, 6.07) is 14.9. The first-order valence-electron chi connectivity index (χ1n) is 8.75. The number of nitrogens with zero attached hydrogens (tertiary/aromatic N) is 3. The standard InChI is InChI=1S/C20H17N5O2S2/c26-19(15-7-5-14(6-8-15)10-29-20-21-12-23-25-20)24-17-3-1-2-4-18(17)27-9-16-11-28-13-22-16/h1-8,11-13H,9-10H2,(H,24,26)(H,21,23,25). The van der Waals surface area contributed by atoms with Gasteiger partial charge < -0.3 is 10.1 Å². The lowest BCUT2D eigenvalue weighted by atomic mass is 10.1. The molecule has 0 saturated heterocycles. The van der Waals surface area contributed by atoms with Crippen molar-refractivity contribution >= 4 is 34.7 Å². The van der Waals surface area contributed by atoms with Crippen LogP contribution in [0.3, 0.4) is 0 Å². The van der Waals surface area contributed by atoms with E-state index in [1.807, 2.05) is 53.9 Å². The number of thioether (sulfide) groups is 1. The quantitative estimate of drug-likeness (QED) is 0.409. The number of para-hydroxylation sites is 2. The van der Waals surface area contributed by atoms with Crippen molar-refractivity contribution in [1.29, 1.82) is 0 Å². The van der Waals surface area contributed by atoms with E-state index >= 15 is 0 Å². The first kappa shape index (κ1) is 19.2. The highest BCUT2D eigenvalue weighted by atomic mass is 32.2. The van der Waals surface area contributed by atoms with Gasteiger partial charge in [-0.2, -0.15) is 5.10 Å². The van der Waals surface area contributed by atoms with Crippen LogP contribution in [0.15, 0.2) is 70.9 Å². The minimum Gasteiger partial charge on any atom is -0.485 e. The molecule has 0 aliphatic carbocycles. The van der Waals surface area contributed by atoms with E-state index in [1.165, 1.54) is 17.7 Å². The molecule has 0 bridgehead atoms. The first-order valence-corrected chi connectivity index (χ1v) is 10.7. The van der Waals surface area contributed by atoms with Gasteiger partial charge in [0.15, 0.2) is 5.16 Å². The zero-order chi connectivity index (χ0) is 19.9. The number of ether oxygens (including phenoxy) is 1. The summed E-state index contributed by atoms with van der Waals surface area (Å²) in [5.74, 6) is 1.16. The molecule has 0 saturated carbocycles. The van der Waals surface area contributed by atoms with Crippen LogP contribution in [0.2, 0.25) is 0 Å². The maximum absolute atomic E-state index is 12.6. The molecule has 146 valence electrons. The van der Waals surface area contributed by atoms with Gasteiger partial charge in [-0.3, -0.25) is 9.89 Å². The van der Waals surface area contributed by atoms with E-state index < -0.39 is 0 Å². The Morgan fingerprint density at radius 3 is 2.76 bits per heavy atom. The van der Waals surface area contributed by atoms with E-state index in [1.54, 1.807) is 17.3 Å². The molecule has 2 N–H and O–H groups in total. The molecule has 0 spiro atoms. The van der Waals surface area contributed by atoms with Crippen LogP contribution in [-0.4, -0.2) is 26.1 Å². The van der Waals surface area contributed by atoms with E-state index in [-0.39, 0.29) is 5.91 Å². The zero-order valence-electron chi connectivity index (χ0n) is 15.2. The van der Waals surface area contributed by atoms with Gasteiger partial charge in [-0.05, 0) is 29.8 Å². The predicted molar refractivity (Wildman–Crippen MR) is 113 cm³/mol. The van der Waals surface area contributed by atoms with E-state index in [4.69, 9.17) is 4.74 Å². The molecule has 0 unspecified atom stereocenters. The molecule has 0 fully saturated rings. The smallest absolute Gasteiger partial charge is 0.255 e. The lowest BCUT2D eigenvalue weighted by molar-refractivity contribution is 0.102. The van der Waals surface area contributed by atoms with Crippen molar-refractivity contribution in [2.45, 2.75) is 17.5 Å². The molecule has 29 heavy (non-hydrogen) atoms. The Hall–Kier alpha value is -3.17. The molecule has 2 aromatic heterocycles. The minimum absolute atomic E-state index is 0.191. The highest BCUT2D eigenvalue weighted by Crippen LogP contribution is 2.26. The number of aromatic nitrogens is 4. The van der Waals surface area contributed by atoms with Crippen LogP contribution < -0.4 is 10.1 Å². The van der Waals surface area contributed by atoms with Crippen molar-refractivity contribution in [3.05, 3.63) is 82.6 Å². The van der Waals surface area contributed by atoms with Crippen LogP contribution in [0.25, 0.3) is 0 Å². The Labute approximate surface area is 175 Å². The molecular formula is C20H17N5O2S2. The average Bonchev–Trinajstić information content (AvgIpc) is 3.46. The summed E-state index contributed by atoms with van der Waals surface area (Å²) in [4.78, 5) is 20.9. The average molecular weight is 424 g/mol. The molecule has 1 amide bonds. The van der Waals surface area contributed by atoms with Gasteiger partial charge in [0.05, 0.1) is 16.9 Å². The number of aromatic amines is 1. The lowest BCUT2D eigenvalue weighted by Gasteiger charge is -2.12. The number of carbonyl (C=O) groups excluding carboxylic acids is 1. The largest absolute Gasteiger partial charge is 0.485 e. The normalized spacial score (nSPS) is 10.6. The number of benzene rings is 2. The van der Waals surface area contributed by atoms with E-state index in [0.717, 1.165) is 22.2 Å². The number of thiazole rings is 1. The fourth-order valence-electron chi connectivity index (χ4n) is 2.52. The van der Waals surface area contributed by atoms with Crippen molar-refractivity contribution in [2.24, 2.45) is 0 Å². The molecule has 7 nitrogen and oxygen atoms in total. The van der Waals surface area contributed by atoms with Crippen molar-refractivity contribution in [1.82, 2.24) is 20.2 Å². The predicted octanol–water partition coefficient (Wildman–Crippen LogP) is 4.38. The third kappa shape index (κ3) is 5.21. The van der Waals surface area contributed by atoms with Crippen molar-refractivity contribution in [3.63, 3.8) is 0 Å². The van der Waals surface area contributed by atoms with Crippen LogP contribution >= 0.6 is 23.1 Å². The van der Waals surface area contributed by atoms with Crippen LogP contribution in [0.1, 0.15) is 21.6 Å². The van der Waals surface area contributed by atoms with Gasteiger partial charge in [-0.15, -0.1) is 11.3 Å². The first-order chi connectivity index (χ1) is 14.3. The number of hydrogen-bond donors (Lipinski definition) is 2. The highest BCUT2D eigenvalue weighted by molar-refractivity contribution is 7.98. The molecule has 2 aromatic carbocycles. The Morgan fingerprint density at radius 2 is 2.00 bits per heavy atom. The topological polar surface area (TPSA) is 92.8 Å². The second-order valence-corrected chi connectivity index (χ2v) is 7.68. The Kier molecular flexibility index (Phi) is 6.18. The summed E-state index contributed by atoms with van der Waals surface area (Å²) in [7, 11) is 0. The van der Waals surface area contributed by atoms with Crippen LogP contribution in [0.4, 0.5) is 5.69 Å². The molecule has 0 radical (unpaired) electrons. The maximum Gasteiger partial charge on any atom is 0.255 e. The SMILES string of the molecule is O=C(Nc1ccccc1OCc1cscn1)c1ccc(CSc2ncn[nH]2)cc1. The fourth-order valence-corrected chi connectivity index (χ4v) is 3.80. The van der Waals surface area contributed by atoms with Gasteiger partial charge >= 0.3 is 0 Å². The third-order valence-electron chi connectivity index (χ3n) is 3.98. The van der Waals surface area contributed by atoms with Gasteiger partial charge in [-0.25, -0.2) is 9.97 Å². The molecular weight excluding hydrogens is 406 g/mol. The van der Waals surface area contributed by atoms with Gasteiger partial charge in [0.2, 0.25) is 0 Å². The van der Waals surface area contributed by atoms with Crippen LogP contribution in [0, 0.1) is 0 Å². The van der Waals surface area contributed by atoms with E-state index in [2.05, 4.69) is 25.5 Å². The maximum atomic E-state index is 12.6. The van der Waals surface area contributed by atoms with Gasteiger partial charge in [0.1, 0.15) is 18.7 Å². The van der Waals surface area contributed by atoms with Gasteiger partial charge in [0.25, 0.3) is 5.91 Å². The van der Waals surface area contributed by atoms with Crippen LogP contribution in [0.5, 0.6) is 5.75 Å². The third-order valence-corrected chi connectivity index (χ3v) is 5.56. The number of rotatable bonds is 8. The summed E-state index contributed by atoms with van der Waals surface area (Å²) >= 11 is 3.07. The Bertz CT molecular complexity index is 1050. The molecule has 9 heteroatoms. The van der Waals surface area contributed by atoms with Crippen molar-refractivity contribution < 1.29 is 9.53 Å². The van der Waals surface area contributed by atoms with Crippen molar-refractivity contribution in [3.8, 4) is 5.75 Å². The summed E-state index contributed by atoms with van der Waals surface area (Å²) < 4.78 is 5.82. The number of amides is 1. The van der Waals surface area contributed by atoms with E-state index in [0.29, 0.717) is 23.6 Å². The second kappa shape index (κ2) is 9.35. The van der Waals surface area contributed by atoms with Crippen molar-refractivity contribution in [2.75, 3.05) is 5.32 Å². The molecule has 4 rings (SSSR count). The Morgan fingerprint density at radius 1 is 1.14 bits per heavy atom. The Balaban J connectivity index is 1.37. The summed E-state index contributed by atoms with van der Waals surface area (Å²) in [6.07, 6.45) is 1.48. The second-order valence-electron chi connectivity index (χ2n) is 5.99. The van der Waals surface area contributed by atoms with Gasteiger partial charge in [-0.1, -0.05) is 36.0 Å². The number of carbonyl (C=O) groups is 1. The highest BCUT2D eigenvalue weighted by Gasteiger charge is 2.10. The molecule has 0 aliphatic rings. The number of H-pyrrole nitrogens is 1. The lowest BCUT2D eigenvalue weighted by Crippen LogP contribution is -2.13. The summed E-state index contributed by atoms with van der Waals surface area (Å²) in [6.45, 7) is 0.355. The molecule has 0 aliphatic heterocycles. The number of hydrogen-bond acceptors (Lipinski definition) is 7. The van der Waals surface area contributed by atoms with Gasteiger partial charge in [0, 0.05) is 16.7 Å². The number of nitrogens with one attached hydrogen (secondary N) is 2. The fraction of sp³-hybridized carbons (Fsp3) is 0.100. The number of anilines is 1. The molecule has 2 heterocycles. The monoisotopic (exact) mass is 423 g/mol. The minimum atomic E-state index is -0.191. The summed E-state index contributed by atoms with van der Waals surface area (Å²) in [5.41, 5.74) is 4.91.